The minimum Gasteiger partial charge on any atom is -0.434 e. The number of alkyl halides is 2. The highest BCUT2D eigenvalue weighted by Gasteiger charge is 2.25. The maximum atomic E-state index is 12.7. The number of hydrogen-bond acceptors (Lipinski definition) is 6. The SMILES string of the molecule is CN1CCN(c2nc(-c3cc(Cl)ccc3OC(F)F)c(C(N)=O)s2)CC1. The van der Waals surface area contributed by atoms with Gasteiger partial charge in [-0.05, 0) is 25.2 Å². The number of rotatable bonds is 5. The van der Waals surface area contributed by atoms with Crippen LogP contribution in [0.4, 0.5) is 13.9 Å². The molecule has 0 unspecified atom stereocenters. The molecule has 2 aromatic rings. The van der Waals surface area contributed by atoms with Gasteiger partial charge in [0.25, 0.3) is 5.91 Å². The predicted octanol–water partition coefficient (Wildman–Crippen LogP) is 2.92. The van der Waals surface area contributed by atoms with E-state index < -0.39 is 12.5 Å². The lowest BCUT2D eigenvalue weighted by Gasteiger charge is -2.32. The highest BCUT2D eigenvalue weighted by molar-refractivity contribution is 7.18. The minimum atomic E-state index is -3.01. The van der Waals surface area contributed by atoms with Gasteiger partial charge in [0.05, 0.1) is 0 Å². The number of anilines is 1. The molecule has 0 spiro atoms. The molecule has 2 N–H and O–H groups in total. The summed E-state index contributed by atoms with van der Waals surface area (Å²) in [6.45, 7) is 0.202. The van der Waals surface area contributed by atoms with E-state index in [1.807, 2.05) is 11.9 Å². The molecule has 1 saturated heterocycles. The van der Waals surface area contributed by atoms with Gasteiger partial charge >= 0.3 is 6.61 Å². The van der Waals surface area contributed by atoms with Crippen LogP contribution < -0.4 is 15.4 Å². The second-order valence-electron chi connectivity index (χ2n) is 5.85. The molecule has 1 amide bonds. The largest absolute Gasteiger partial charge is 0.434 e. The monoisotopic (exact) mass is 402 g/mol. The van der Waals surface area contributed by atoms with Crippen LogP contribution in [0.3, 0.4) is 0 Å². The van der Waals surface area contributed by atoms with E-state index in [4.69, 9.17) is 17.3 Å². The first kappa shape index (κ1) is 18.8. The zero-order valence-corrected chi connectivity index (χ0v) is 15.5. The molecule has 1 aliphatic rings. The smallest absolute Gasteiger partial charge is 0.387 e. The highest BCUT2D eigenvalue weighted by Crippen LogP contribution is 2.39. The van der Waals surface area contributed by atoms with Gasteiger partial charge in [-0.3, -0.25) is 4.79 Å². The number of primary amides is 1. The van der Waals surface area contributed by atoms with Crippen LogP contribution in [0, 0.1) is 0 Å². The van der Waals surface area contributed by atoms with Crippen LogP contribution >= 0.6 is 22.9 Å². The normalized spacial score (nSPS) is 15.5. The number of nitrogens with zero attached hydrogens (tertiary/aromatic N) is 3. The van der Waals surface area contributed by atoms with Crippen LogP contribution in [0.2, 0.25) is 5.02 Å². The van der Waals surface area contributed by atoms with Crippen molar-refractivity contribution in [2.45, 2.75) is 6.61 Å². The fourth-order valence-corrected chi connectivity index (χ4v) is 3.83. The van der Waals surface area contributed by atoms with E-state index in [9.17, 15) is 13.6 Å². The summed E-state index contributed by atoms with van der Waals surface area (Å²) < 4.78 is 30.0. The molecule has 6 nitrogen and oxygen atoms in total. The number of aromatic nitrogens is 1. The zero-order valence-electron chi connectivity index (χ0n) is 13.9. The molecule has 0 aliphatic carbocycles. The number of amides is 1. The van der Waals surface area contributed by atoms with Crippen LogP contribution in [0.15, 0.2) is 18.2 Å². The molecular formula is C16H17ClF2N4O2S. The fourth-order valence-electron chi connectivity index (χ4n) is 2.68. The summed E-state index contributed by atoms with van der Waals surface area (Å²) in [6, 6.07) is 4.19. The van der Waals surface area contributed by atoms with Crippen molar-refractivity contribution in [3.63, 3.8) is 0 Å². The number of likely N-dealkylation sites (N-methyl/N-ethyl adjacent to an activating group) is 1. The quantitative estimate of drug-likeness (QED) is 0.832. The third-order valence-corrected chi connectivity index (χ3v) is 5.39. The Morgan fingerprint density at radius 3 is 2.65 bits per heavy atom. The van der Waals surface area contributed by atoms with E-state index in [2.05, 4.69) is 14.6 Å². The Kier molecular flexibility index (Phi) is 5.59. The average molecular weight is 403 g/mol. The number of hydrogen-bond donors (Lipinski definition) is 1. The second kappa shape index (κ2) is 7.73. The minimum absolute atomic E-state index is 0.109. The molecule has 1 aromatic heterocycles. The van der Waals surface area contributed by atoms with E-state index >= 15 is 0 Å². The summed E-state index contributed by atoms with van der Waals surface area (Å²) in [5.41, 5.74) is 5.90. The van der Waals surface area contributed by atoms with Gasteiger partial charge in [0, 0.05) is 36.8 Å². The molecule has 26 heavy (non-hydrogen) atoms. The van der Waals surface area contributed by atoms with Crippen molar-refractivity contribution in [2.24, 2.45) is 5.73 Å². The zero-order chi connectivity index (χ0) is 18.8. The maximum Gasteiger partial charge on any atom is 0.387 e. The summed E-state index contributed by atoms with van der Waals surface area (Å²) in [4.78, 5) is 20.8. The number of nitrogens with two attached hydrogens (primary N) is 1. The van der Waals surface area contributed by atoms with Gasteiger partial charge in [0.1, 0.15) is 16.3 Å². The van der Waals surface area contributed by atoms with E-state index in [0.29, 0.717) is 10.2 Å². The lowest BCUT2D eigenvalue weighted by molar-refractivity contribution is -0.0494. The standard InChI is InChI=1S/C16H17ClF2N4O2S/c1-22-4-6-23(7-5-22)16-21-12(13(26-16)14(20)24)10-8-9(17)2-3-11(10)25-15(18)19/h2-3,8,15H,4-7H2,1H3,(H2,20,24). The van der Waals surface area contributed by atoms with E-state index in [1.165, 1.54) is 18.2 Å². The van der Waals surface area contributed by atoms with Gasteiger partial charge in [-0.1, -0.05) is 22.9 Å². The third-order valence-electron chi connectivity index (χ3n) is 4.03. The predicted molar refractivity (Wildman–Crippen MR) is 97.4 cm³/mol. The molecular weight excluding hydrogens is 386 g/mol. The Bertz CT molecular complexity index is 810. The van der Waals surface area contributed by atoms with Gasteiger partial charge < -0.3 is 20.3 Å². The first-order valence-electron chi connectivity index (χ1n) is 7.84. The second-order valence-corrected chi connectivity index (χ2v) is 7.26. The molecule has 10 heteroatoms. The molecule has 1 aliphatic heterocycles. The van der Waals surface area contributed by atoms with Crippen LogP contribution in [-0.2, 0) is 0 Å². The molecule has 1 fully saturated rings. The molecule has 0 saturated carbocycles. The Hall–Kier alpha value is -1.97. The molecule has 0 bridgehead atoms. The molecule has 1 aromatic carbocycles. The van der Waals surface area contributed by atoms with Crippen LogP contribution in [0.25, 0.3) is 11.3 Å². The number of ether oxygens (including phenoxy) is 1. The summed E-state index contributed by atoms with van der Waals surface area (Å²) in [5, 5.41) is 0.927. The number of halogens is 3. The van der Waals surface area contributed by atoms with Gasteiger partial charge in [-0.15, -0.1) is 0 Å². The lowest BCUT2D eigenvalue weighted by Crippen LogP contribution is -2.44. The van der Waals surface area contributed by atoms with Crippen molar-refractivity contribution in [1.82, 2.24) is 9.88 Å². The highest BCUT2D eigenvalue weighted by atomic mass is 35.5. The van der Waals surface area contributed by atoms with Gasteiger partial charge in [0.2, 0.25) is 0 Å². The van der Waals surface area contributed by atoms with Crippen molar-refractivity contribution in [1.29, 1.82) is 0 Å². The molecule has 3 rings (SSSR count). The first-order chi connectivity index (χ1) is 12.3. The van der Waals surface area contributed by atoms with Crippen molar-refractivity contribution < 1.29 is 18.3 Å². The lowest BCUT2D eigenvalue weighted by atomic mass is 10.1. The molecule has 2 heterocycles. The van der Waals surface area contributed by atoms with Crippen molar-refractivity contribution >= 4 is 34.0 Å². The third kappa shape index (κ3) is 4.05. The Labute approximate surface area is 158 Å². The average Bonchev–Trinajstić information content (AvgIpc) is 3.02. The van der Waals surface area contributed by atoms with Crippen LogP contribution in [-0.4, -0.2) is 55.6 Å². The van der Waals surface area contributed by atoms with E-state index in [0.717, 1.165) is 37.5 Å². The van der Waals surface area contributed by atoms with Crippen LogP contribution in [0.1, 0.15) is 9.67 Å². The Morgan fingerprint density at radius 2 is 2.04 bits per heavy atom. The van der Waals surface area contributed by atoms with Crippen LogP contribution in [0.5, 0.6) is 5.75 Å². The summed E-state index contributed by atoms with van der Waals surface area (Å²) in [7, 11) is 2.03. The molecule has 0 atom stereocenters. The number of thiazole rings is 1. The van der Waals surface area contributed by atoms with Crippen molar-refractivity contribution in [3.8, 4) is 17.0 Å². The fraction of sp³-hybridized carbons (Fsp3) is 0.375. The summed E-state index contributed by atoms with van der Waals surface area (Å²) in [5.74, 6) is -0.789. The van der Waals surface area contributed by atoms with Gasteiger partial charge in [-0.25, -0.2) is 4.98 Å². The van der Waals surface area contributed by atoms with Crippen molar-refractivity contribution in [3.05, 3.63) is 28.1 Å². The molecule has 140 valence electrons. The maximum absolute atomic E-state index is 12.7. The van der Waals surface area contributed by atoms with E-state index in [1.54, 1.807) is 0 Å². The van der Waals surface area contributed by atoms with E-state index in [-0.39, 0.29) is 21.9 Å². The number of carbonyl (C=O) groups excluding carboxylic acids is 1. The number of piperazine rings is 1. The van der Waals surface area contributed by atoms with Gasteiger partial charge in [-0.2, -0.15) is 8.78 Å². The summed E-state index contributed by atoms with van der Waals surface area (Å²) >= 11 is 7.15. The van der Waals surface area contributed by atoms with Crippen molar-refractivity contribution in [2.75, 3.05) is 38.1 Å². The number of carbonyl (C=O) groups is 1. The van der Waals surface area contributed by atoms with Gasteiger partial charge in [0.15, 0.2) is 5.13 Å². The number of benzene rings is 1. The summed E-state index contributed by atoms with van der Waals surface area (Å²) in [6.07, 6.45) is 0. The molecule has 0 radical (unpaired) electrons. The first-order valence-corrected chi connectivity index (χ1v) is 9.03. The Morgan fingerprint density at radius 1 is 1.35 bits per heavy atom. The Balaban J connectivity index is 2.04. The topological polar surface area (TPSA) is 71.7 Å².